The molecule has 0 fully saturated rings. The quantitative estimate of drug-likeness (QED) is 0.327. The van der Waals surface area contributed by atoms with Gasteiger partial charge in [0.1, 0.15) is 4.70 Å². The summed E-state index contributed by atoms with van der Waals surface area (Å²) in [5.74, 6) is 0.0191. The van der Waals surface area contributed by atoms with Gasteiger partial charge in [-0.3, -0.25) is 14.2 Å². The Balaban J connectivity index is 1.67. The largest absolute Gasteiger partial charge is 0.325 e. The average Bonchev–Trinajstić information content (AvgIpc) is 3.18. The molecule has 31 heavy (non-hydrogen) atoms. The molecule has 0 saturated carbocycles. The Labute approximate surface area is 189 Å². The van der Waals surface area contributed by atoms with E-state index in [9.17, 15) is 9.59 Å². The third-order valence-electron chi connectivity index (χ3n) is 5.12. The Morgan fingerprint density at radius 1 is 1.10 bits per heavy atom. The molecule has 0 spiro atoms. The molecule has 158 valence electrons. The van der Waals surface area contributed by atoms with E-state index in [4.69, 9.17) is 4.98 Å². The lowest BCUT2D eigenvalue weighted by Crippen LogP contribution is -2.22. The summed E-state index contributed by atoms with van der Waals surface area (Å²) in [5, 5.41) is 5.35. The second-order valence-corrected chi connectivity index (χ2v) is 9.46. The number of aryl methyl sites for hydroxylation is 3. The number of thiophene rings is 1. The summed E-state index contributed by atoms with van der Waals surface area (Å²) in [4.78, 5) is 30.6. The summed E-state index contributed by atoms with van der Waals surface area (Å²) in [7, 11) is 0. The highest BCUT2D eigenvalue weighted by molar-refractivity contribution is 7.99. The maximum atomic E-state index is 13.3. The summed E-state index contributed by atoms with van der Waals surface area (Å²) in [5.41, 5.74) is 6.43. The number of amides is 1. The minimum Gasteiger partial charge on any atom is -0.325 e. The van der Waals surface area contributed by atoms with Crippen LogP contribution in [0.5, 0.6) is 0 Å². The van der Waals surface area contributed by atoms with Gasteiger partial charge < -0.3 is 5.32 Å². The predicted octanol–water partition coefficient (Wildman–Crippen LogP) is 5.41. The van der Waals surface area contributed by atoms with Crippen LogP contribution in [0.3, 0.4) is 0 Å². The van der Waals surface area contributed by atoms with E-state index in [2.05, 4.69) is 11.4 Å². The van der Waals surface area contributed by atoms with Crippen LogP contribution < -0.4 is 10.9 Å². The number of anilines is 1. The first kappa shape index (κ1) is 21.3. The number of carbonyl (C=O) groups is 1. The predicted molar refractivity (Wildman–Crippen MR) is 130 cm³/mol. The minimum absolute atomic E-state index is 0.109. The molecule has 0 unspecified atom stereocenters. The Hall–Kier alpha value is -2.90. The third kappa shape index (κ3) is 4.43. The van der Waals surface area contributed by atoms with E-state index in [0.29, 0.717) is 15.4 Å². The minimum atomic E-state index is -0.134. The van der Waals surface area contributed by atoms with Crippen molar-refractivity contribution in [1.29, 1.82) is 0 Å². The van der Waals surface area contributed by atoms with Crippen LogP contribution in [0.25, 0.3) is 15.9 Å². The number of hydrogen-bond acceptors (Lipinski definition) is 5. The van der Waals surface area contributed by atoms with Crippen LogP contribution in [0.4, 0.5) is 5.69 Å². The highest BCUT2D eigenvalue weighted by Crippen LogP contribution is 2.25. The molecule has 2 aromatic carbocycles. The van der Waals surface area contributed by atoms with Gasteiger partial charge in [0.15, 0.2) is 5.16 Å². The Bertz CT molecular complexity index is 1330. The van der Waals surface area contributed by atoms with E-state index in [1.165, 1.54) is 23.1 Å². The highest BCUT2D eigenvalue weighted by atomic mass is 32.2. The fourth-order valence-electron chi connectivity index (χ4n) is 3.50. The maximum Gasteiger partial charge on any atom is 0.276 e. The van der Waals surface area contributed by atoms with Gasteiger partial charge in [0.25, 0.3) is 5.56 Å². The molecule has 0 aliphatic heterocycles. The molecule has 0 atom stereocenters. The van der Waals surface area contributed by atoms with Crippen LogP contribution >= 0.6 is 23.1 Å². The maximum absolute atomic E-state index is 13.3. The number of nitrogens with zero attached hydrogens (tertiary/aromatic N) is 2. The summed E-state index contributed by atoms with van der Waals surface area (Å²) < 4.78 is 2.23. The van der Waals surface area contributed by atoms with Crippen LogP contribution in [-0.2, 0) is 4.79 Å². The second kappa shape index (κ2) is 8.69. The number of fused-ring (bicyclic) bond motifs is 1. The van der Waals surface area contributed by atoms with Crippen molar-refractivity contribution in [3.63, 3.8) is 0 Å². The van der Waals surface area contributed by atoms with Gasteiger partial charge in [0.05, 0.1) is 17.0 Å². The molecular formula is C24H23N3O2S2. The summed E-state index contributed by atoms with van der Waals surface area (Å²) >= 11 is 2.65. The lowest BCUT2D eigenvalue weighted by Gasteiger charge is -2.14. The fraction of sp³-hybridized carbons (Fsp3) is 0.208. The van der Waals surface area contributed by atoms with Crippen molar-refractivity contribution in [2.45, 2.75) is 32.9 Å². The van der Waals surface area contributed by atoms with E-state index >= 15 is 0 Å². The average molecular weight is 450 g/mol. The molecule has 4 rings (SSSR count). The molecule has 0 aliphatic rings. The van der Waals surface area contributed by atoms with Crippen LogP contribution in [0.1, 0.15) is 22.3 Å². The summed E-state index contributed by atoms with van der Waals surface area (Å²) in [6.45, 7) is 8.01. The zero-order valence-electron chi connectivity index (χ0n) is 17.9. The molecule has 0 bridgehead atoms. The van der Waals surface area contributed by atoms with Crippen molar-refractivity contribution in [3.8, 4) is 5.69 Å². The van der Waals surface area contributed by atoms with Crippen LogP contribution in [0.2, 0.25) is 0 Å². The number of hydrogen-bond donors (Lipinski definition) is 1. The number of carbonyl (C=O) groups excluding carboxylic acids is 1. The fourth-order valence-corrected chi connectivity index (χ4v) is 5.07. The van der Waals surface area contributed by atoms with E-state index in [0.717, 1.165) is 33.6 Å². The molecule has 0 saturated heterocycles. The number of thioether (sulfide) groups is 1. The van der Waals surface area contributed by atoms with Gasteiger partial charge in [-0.1, -0.05) is 30.0 Å². The first-order chi connectivity index (χ1) is 14.8. The van der Waals surface area contributed by atoms with Gasteiger partial charge in [0, 0.05) is 5.69 Å². The monoisotopic (exact) mass is 449 g/mol. The molecule has 2 aromatic heterocycles. The van der Waals surface area contributed by atoms with Gasteiger partial charge in [0.2, 0.25) is 5.91 Å². The standard InChI is InChI=1S/C24H23N3O2S2/c1-14-10-15(2)12-18(11-14)27-23(29)22-20(8-9-30-22)26-24(27)31-13-21(28)25-19-7-5-6-16(3)17(19)4/h5-12H,13H2,1-4H3,(H,25,28). The number of nitrogens with one attached hydrogen (secondary N) is 1. The highest BCUT2D eigenvalue weighted by Gasteiger charge is 2.16. The van der Waals surface area contributed by atoms with Crippen molar-refractivity contribution in [1.82, 2.24) is 9.55 Å². The van der Waals surface area contributed by atoms with Gasteiger partial charge in [-0.25, -0.2) is 4.98 Å². The molecule has 0 radical (unpaired) electrons. The van der Waals surface area contributed by atoms with Crippen LogP contribution in [0.15, 0.2) is 57.8 Å². The number of aromatic nitrogens is 2. The molecule has 1 N–H and O–H groups in total. The lowest BCUT2D eigenvalue weighted by atomic mass is 10.1. The molecule has 7 heteroatoms. The Kier molecular flexibility index (Phi) is 5.98. The van der Waals surface area contributed by atoms with Crippen molar-refractivity contribution in [3.05, 3.63) is 80.5 Å². The van der Waals surface area contributed by atoms with E-state index in [1.807, 2.05) is 69.5 Å². The summed E-state index contributed by atoms with van der Waals surface area (Å²) in [6.07, 6.45) is 0. The lowest BCUT2D eigenvalue weighted by molar-refractivity contribution is -0.113. The topological polar surface area (TPSA) is 64.0 Å². The van der Waals surface area contributed by atoms with Crippen LogP contribution in [-0.4, -0.2) is 21.2 Å². The van der Waals surface area contributed by atoms with Crippen molar-refractivity contribution in [2.75, 3.05) is 11.1 Å². The third-order valence-corrected chi connectivity index (χ3v) is 6.96. The Morgan fingerprint density at radius 2 is 1.84 bits per heavy atom. The van der Waals surface area contributed by atoms with Crippen LogP contribution in [0, 0.1) is 27.7 Å². The molecule has 5 nitrogen and oxygen atoms in total. The number of rotatable bonds is 5. The van der Waals surface area contributed by atoms with E-state index in [-0.39, 0.29) is 17.2 Å². The molecular weight excluding hydrogens is 426 g/mol. The zero-order valence-corrected chi connectivity index (χ0v) is 19.5. The molecule has 1 amide bonds. The van der Waals surface area contributed by atoms with Gasteiger partial charge >= 0.3 is 0 Å². The van der Waals surface area contributed by atoms with Gasteiger partial charge in [-0.05, 0) is 79.6 Å². The SMILES string of the molecule is Cc1cc(C)cc(-n2c(SCC(=O)Nc3cccc(C)c3C)nc3ccsc3c2=O)c1. The second-order valence-electron chi connectivity index (χ2n) is 7.60. The normalized spacial score (nSPS) is 11.1. The number of benzene rings is 2. The first-order valence-electron chi connectivity index (χ1n) is 9.91. The zero-order chi connectivity index (χ0) is 22.1. The van der Waals surface area contributed by atoms with Crippen molar-refractivity contribution >= 4 is 44.9 Å². The Morgan fingerprint density at radius 3 is 2.58 bits per heavy atom. The van der Waals surface area contributed by atoms with E-state index in [1.54, 1.807) is 4.57 Å². The van der Waals surface area contributed by atoms with Gasteiger partial charge in [-0.15, -0.1) is 11.3 Å². The van der Waals surface area contributed by atoms with E-state index < -0.39 is 0 Å². The summed E-state index contributed by atoms with van der Waals surface area (Å²) in [6, 6.07) is 13.7. The molecule has 2 heterocycles. The molecule has 0 aliphatic carbocycles. The smallest absolute Gasteiger partial charge is 0.276 e. The van der Waals surface area contributed by atoms with Gasteiger partial charge in [-0.2, -0.15) is 0 Å². The molecule has 4 aromatic rings. The van der Waals surface area contributed by atoms with Crippen molar-refractivity contribution in [2.24, 2.45) is 0 Å². The first-order valence-corrected chi connectivity index (χ1v) is 11.8. The van der Waals surface area contributed by atoms with Crippen molar-refractivity contribution < 1.29 is 4.79 Å².